The first-order chi connectivity index (χ1) is 2.83. The zero-order valence-corrected chi connectivity index (χ0v) is 6.49. The third kappa shape index (κ3) is 810. The van der Waals surface area contributed by atoms with Gasteiger partial charge in [0.15, 0.2) is 0 Å². The highest BCUT2D eigenvalue weighted by Gasteiger charge is 1.12. The van der Waals surface area contributed by atoms with E-state index in [4.69, 9.17) is 8.42 Å². The maximum atomic E-state index is 8.29. The maximum Gasteiger partial charge on any atom is 0.335 e. The summed E-state index contributed by atoms with van der Waals surface area (Å²) in [6.45, 7) is 0. The van der Waals surface area contributed by atoms with Gasteiger partial charge in [0.05, 0.1) is 0 Å². The van der Waals surface area contributed by atoms with E-state index >= 15 is 0 Å². The monoisotopic (exact) mass is 174 g/mol. The van der Waals surface area contributed by atoms with Gasteiger partial charge in [-0.1, -0.05) is 0 Å². The number of rotatable bonds is 0. The fraction of sp³-hybridized carbons (Fsp3) is 0. The predicted molar refractivity (Wildman–Crippen MR) is 39.5 cm³/mol. The molecule has 0 aliphatic rings. The zero-order chi connectivity index (χ0) is 5.41. The van der Waals surface area contributed by atoms with E-state index < -0.39 is 11.6 Å². The third-order valence-electron chi connectivity index (χ3n) is 0. The molecule has 0 fully saturated rings. The van der Waals surface area contributed by atoms with E-state index in [0.29, 0.717) is 0 Å². The largest absolute Gasteiger partial charge is 0.335 e. The van der Waals surface area contributed by atoms with E-state index in [0.717, 1.165) is 0 Å². The van der Waals surface area contributed by atoms with Crippen molar-refractivity contribution in [1.29, 1.82) is 0 Å². The average molecular weight is 174 g/mol. The van der Waals surface area contributed by atoms with Crippen molar-refractivity contribution in [2.75, 3.05) is 0 Å². The van der Waals surface area contributed by atoms with Gasteiger partial charge in [0, 0.05) is 4.31 Å². The fourth-order valence-corrected chi connectivity index (χ4v) is 0. The molecular weight excluding hydrogens is 172 g/mol. The molecule has 0 aliphatic carbocycles. The molecule has 0 radical (unpaired) electrons. The quantitative estimate of drug-likeness (QED) is 0.500. The number of hydrogen-bond acceptors (Lipinski definition) is 4. The van der Waals surface area contributed by atoms with Gasteiger partial charge in [-0.05, 0) is 24.4 Å². The van der Waals surface area contributed by atoms with Crippen molar-refractivity contribution in [2.24, 2.45) is 0 Å². The van der Waals surface area contributed by atoms with Crippen molar-refractivity contribution in [3.8, 4) is 0 Å². The second-order valence-corrected chi connectivity index (χ2v) is 0.954. The third-order valence-corrected chi connectivity index (χ3v) is 0. The normalized spacial score (nSPS) is 2.86. The standard InChI is InChI=1S/CS2.O2S.H2S/c2-1-3;1-3-2;/h;;1H2. The first kappa shape index (κ1) is 15.7. The van der Waals surface area contributed by atoms with E-state index in [1.807, 2.05) is 4.31 Å². The lowest BCUT2D eigenvalue weighted by molar-refractivity contribution is 0.630. The molecule has 0 amide bonds. The highest BCUT2D eigenvalue weighted by molar-refractivity contribution is 7.93. The summed E-state index contributed by atoms with van der Waals surface area (Å²) in [4.78, 5) is 0. The van der Waals surface area contributed by atoms with Crippen LogP contribution in [0.3, 0.4) is 0 Å². The first-order valence-corrected chi connectivity index (χ1v) is 2.22. The van der Waals surface area contributed by atoms with Crippen molar-refractivity contribution in [1.82, 2.24) is 0 Å². The van der Waals surface area contributed by atoms with Crippen LogP contribution >= 0.6 is 37.9 Å². The Hall–Kier alpha value is 0.390. The number of thiocarbonyl (C=S) groups is 2. The van der Waals surface area contributed by atoms with Crippen molar-refractivity contribution in [3.05, 3.63) is 0 Å². The summed E-state index contributed by atoms with van der Waals surface area (Å²) in [5, 5.41) is 0. The molecule has 0 saturated carbocycles. The van der Waals surface area contributed by atoms with Gasteiger partial charge in [-0.3, -0.25) is 0 Å². The Kier molecular flexibility index (Phi) is 72.7. The second-order valence-electron chi connectivity index (χ2n) is 0.151. The van der Waals surface area contributed by atoms with Gasteiger partial charge in [0.1, 0.15) is 0 Å². The van der Waals surface area contributed by atoms with E-state index in [9.17, 15) is 0 Å². The Bertz CT molecular complexity index is 63.7. The minimum absolute atomic E-state index is 0. The molecular formula is CH2O2S4. The molecule has 0 atom stereocenters. The maximum absolute atomic E-state index is 8.29. The predicted octanol–water partition coefficient (Wildman–Crippen LogP) is 0.461. The van der Waals surface area contributed by atoms with Crippen molar-refractivity contribution in [2.45, 2.75) is 0 Å². The minimum Gasteiger partial charge on any atom is -0.197 e. The van der Waals surface area contributed by atoms with E-state index in [2.05, 4.69) is 24.4 Å². The SMILES string of the molecule is O=S=O.S.S=C=S. The lowest BCUT2D eigenvalue weighted by Gasteiger charge is -0.992. The molecule has 0 heterocycles. The van der Waals surface area contributed by atoms with Crippen LogP contribution in [0, 0.1) is 0 Å². The summed E-state index contributed by atoms with van der Waals surface area (Å²) in [7, 11) is 0. The van der Waals surface area contributed by atoms with Crippen LogP contribution in [0.4, 0.5) is 0 Å². The summed E-state index contributed by atoms with van der Waals surface area (Å²) >= 11 is 7.17. The Labute approximate surface area is 62.3 Å². The van der Waals surface area contributed by atoms with E-state index in [-0.39, 0.29) is 13.5 Å². The number of hydrogen-bond donors (Lipinski definition) is 0. The molecule has 0 bridgehead atoms. The summed E-state index contributed by atoms with van der Waals surface area (Å²) in [5.74, 6) is 0. The summed E-state index contributed by atoms with van der Waals surface area (Å²) in [6.07, 6.45) is 0. The molecule has 0 aliphatic heterocycles. The van der Waals surface area contributed by atoms with Gasteiger partial charge in [0.25, 0.3) is 0 Å². The molecule has 0 aromatic rings. The molecule has 0 saturated heterocycles. The summed E-state index contributed by atoms with van der Waals surface area (Å²) < 4.78 is 18.5. The van der Waals surface area contributed by atoms with Crippen LogP contribution in [0.25, 0.3) is 0 Å². The first-order valence-electron chi connectivity index (χ1n) is 0.742. The van der Waals surface area contributed by atoms with Gasteiger partial charge in [-0.25, -0.2) is 0 Å². The van der Waals surface area contributed by atoms with Crippen molar-refractivity contribution in [3.63, 3.8) is 0 Å². The molecule has 42 valence electrons. The molecule has 0 aromatic heterocycles. The molecule has 0 unspecified atom stereocenters. The molecule has 0 spiro atoms. The van der Waals surface area contributed by atoms with Gasteiger partial charge in [-0.2, -0.15) is 21.9 Å². The minimum atomic E-state index is -0.750. The van der Waals surface area contributed by atoms with Crippen LogP contribution in [0.2, 0.25) is 0 Å². The molecule has 2 nitrogen and oxygen atoms in total. The topological polar surface area (TPSA) is 34.1 Å². The van der Waals surface area contributed by atoms with E-state index in [1.165, 1.54) is 0 Å². The smallest absolute Gasteiger partial charge is 0.197 e. The van der Waals surface area contributed by atoms with Crippen LogP contribution in [0.15, 0.2) is 0 Å². The van der Waals surface area contributed by atoms with Gasteiger partial charge in [-0.15, -0.1) is 0 Å². The van der Waals surface area contributed by atoms with Crippen LogP contribution in [-0.4, -0.2) is 12.7 Å². The molecule has 0 rings (SSSR count). The van der Waals surface area contributed by atoms with Gasteiger partial charge < -0.3 is 0 Å². The summed E-state index contributed by atoms with van der Waals surface area (Å²) in [6, 6.07) is 0. The van der Waals surface area contributed by atoms with E-state index in [1.54, 1.807) is 0 Å². The van der Waals surface area contributed by atoms with Crippen molar-refractivity contribution < 1.29 is 8.42 Å². The van der Waals surface area contributed by atoms with Crippen LogP contribution in [0.1, 0.15) is 0 Å². The lowest BCUT2D eigenvalue weighted by atomic mass is 12.0. The fourth-order valence-electron chi connectivity index (χ4n) is 0. The van der Waals surface area contributed by atoms with Gasteiger partial charge in [0.2, 0.25) is 0 Å². The van der Waals surface area contributed by atoms with Crippen LogP contribution < -0.4 is 0 Å². The molecule has 0 N–H and O–H groups in total. The molecule has 7 heavy (non-hydrogen) atoms. The molecule has 6 heteroatoms. The highest BCUT2D eigenvalue weighted by Crippen LogP contribution is 1.29. The Morgan fingerprint density at radius 1 is 1.29 bits per heavy atom. The second kappa shape index (κ2) is 32.5. The summed E-state index contributed by atoms with van der Waals surface area (Å²) in [5.41, 5.74) is 0. The van der Waals surface area contributed by atoms with Crippen molar-refractivity contribution >= 4 is 53.8 Å². The van der Waals surface area contributed by atoms with Crippen LogP contribution in [-0.2, 0) is 11.6 Å². The average Bonchev–Trinajstić information content (AvgIpc) is 1.39. The van der Waals surface area contributed by atoms with Gasteiger partial charge >= 0.3 is 11.6 Å². The Morgan fingerprint density at radius 3 is 1.29 bits per heavy atom. The Balaban J connectivity index is -0.0000000400. The highest BCUT2D eigenvalue weighted by atomic mass is 32.1. The Morgan fingerprint density at radius 2 is 1.29 bits per heavy atom. The van der Waals surface area contributed by atoms with Crippen LogP contribution in [0.5, 0.6) is 0 Å². The zero-order valence-electron chi connectivity index (χ0n) is 3.04. The lowest BCUT2D eigenvalue weighted by Crippen LogP contribution is -1.18. The molecule has 0 aromatic carbocycles.